The quantitative estimate of drug-likeness (QED) is 0.173. The molecule has 0 amide bonds. The lowest BCUT2D eigenvalue weighted by molar-refractivity contribution is 0.444. The lowest BCUT2D eigenvalue weighted by Gasteiger charge is -2.27. The fraction of sp³-hybridized carbons (Fsp3) is 0.304. The number of phenols is 1. The van der Waals surface area contributed by atoms with Gasteiger partial charge in [0.15, 0.2) is 0 Å². The van der Waals surface area contributed by atoms with Crippen LogP contribution in [0.1, 0.15) is 109 Å². The Morgan fingerprint density at radius 2 is 1.30 bits per heavy atom. The van der Waals surface area contributed by atoms with E-state index in [-0.39, 0.29) is 16.6 Å². The maximum Gasteiger partial charge on any atom is 0.147 e. The Bertz CT molecular complexity index is 2160. The van der Waals surface area contributed by atoms with E-state index < -0.39 is 0 Å². The molecule has 1 aromatic heterocycles. The number of hydrogen-bond donors (Lipinski definition) is 1. The van der Waals surface area contributed by atoms with E-state index in [1.807, 2.05) is 30.5 Å². The summed E-state index contributed by atoms with van der Waals surface area (Å²) in [5.74, 6) is 1.92. The molecule has 4 nitrogen and oxygen atoms in total. The van der Waals surface area contributed by atoms with E-state index in [0.717, 1.165) is 50.5 Å². The predicted octanol–water partition coefficient (Wildman–Crippen LogP) is 12.7. The highest BCUT2D eigenvalue weighted by molar-refractivity contribution is 5.97. The number of rotatable bonds is 7. The van der Waals surface area contributed by atoms with Crippen molar-refractivity contribution < 1.29 is 5.11 Å². The average Bonchev–Trinajstić information content (AvgIpc) is 3.46. The van der Waals surface area contributed by atoms with Crippen LogP contribution in [0.4, 0.5) is 5.69 Å². The molecule has 6 rings (SSSR count). The van der Waals surface area contributed by atoms with E-state index in [0.29, 0.717) is 17.4 Å². The molecular weight excluding hydrogens is 611 g/mol. The molecule has 1 N–H and O–H groups in total. The molecule has 0 bridgehead atoms. The number of aromatic nitrogens is 2. The molecule has 0 aliphatic carbocycles. The first-order chi connectivity index (χ1) is 23.6. The summed E-state index contributed by atoms with van der Waals surface area (Å²) < 4.78 is 2.25. The van der Waals surface area contributed by atoms with Gasteiger partial charge < -0.3 is 5.11 Å². The molecule has 0 fully saturated rings. The fourth-order valence-corrected chi connectivity index (χ4v) is 6.52. The van der Waals surface area contributed by atoms with Crippen LogP contribution in [0.15, 0.2) is 108 Å². The molecular formula is C46H51N3O. The minimum absolute atomic E-state index is 0.0862. The number of para-hydroxylation sites is 3. The molecule has 0 atom stereocenters. The van der Waals surface area contributed by atoms with Gasteiger partial charge in [-0.15, -0.1) is 0 Å². The third kappa shape index (κ3) is 6.89. The Morgan fingerprint density at radius 3 is 1.92 bits per heavy atom. The second-order valence-corrected chi connectivity index (χ2v) is 16.2. The van der Waals surface area contributed by atoms with E-state index in [1.54, 1.807) is 0 Å². The zero-order valence-electron chi connectivity index (χ0n) is 31.3. The van der Waals surface area contributed by atoms with E-state index >= 15 is 0 Å². The monoisotopic (exact) mass is 661 g/mol. The second-order valence-electron chi connectivity index (χ2n) is 16.2. The Kier molecular flexibility index (Phi) is 9.35. The molecule has 5 aromatic carbocycles. The van der Waals surface area contributed by atoms with Gasteiger partial charge in [-0.25, -0.2) is 4.98 Å². The third-order valence-corrected chi connectivity index (χ3v) is 9.62. The second kappa shape index (κ2) is 13.4. The van der Waals surface area contributed by atoms with E-state index in [2.05, 4.69) is 153 Å². The fourth-order valence-electron chi connectivity index (χ4n) is 6.52. The number of hydrogen-bond acceptors (Lipinski definition) is 3. The highest BCUT2D eigenvalue weighted by Crippen LogP contribution is 2.40. The van der Waals surface area contributed by atoms with E-state index in [9.17, 15) is 5.11 Å². The summed E-state index contributed by atoms with van der Waals surface area (Å²) in [5, 5.41) is 11.5. The van der Waals surface area contributed by atoms with Crippen LogP contribution in [-0.2, 0) is 10.8 Å². The summed E-state index contributed by atoms with van der Waals surface area (Å²) >= 11 is 0. The van der Waals surface area contributed by atoms with Crippen molar-refractivity contribution in [3.63, 3.8) is 0 Å². The van der Waals surface area contributed by atoms with Crippen LogP contribution in [0.25, 0.3) is 39.2 Å². The van der Waals surface area contributed by atoms with Crippen molar-refractivity contribution >= 4 is 22.9 Å². The Balaban J connectivity index is 1.58. The standard InChI is InChI=1S/C46H51N3O/c1-29(2)31-23-32(30(3)4)25-33(24-31)37-20-16-22-41-42(37)48-44(49(41)36-17-12-11-13-18-36)38-19-14-15-21-40(38)47-28-34-26-35(45(5,6)7)27-39(43(34)50)46(8,9)10/h11-30,50H,1-10H3. The van der Waals surface area contributed by atoms with Crippen molar-refractivity contribution in [1.82, 2.24) is 9.55 Å². The number of nitrogens with zero attached hydrogens (tertiary/aromatic N) is 3. The Morgan fingerprint density at radius 1 is 0.680 bits per heavy atom. The zero-order chi connectivity index (χ0) is 36.0. The van der Waals surface area contributed by atoms with E-state index in [1.165, 1.54) is 16.7 Å². The van der Waals surface area contributed by atoms with Crippen LogP contribution in [0.3, 0.4) is 0 Å². The summed E-state index contributed by atoms with van der Waals surface area (Å²) in [6, 6.07) is 36.3. The van der Waals surface area contributed by atoms with Crippen LogP contribution in [0.2, 0.25) is 0 Å². The maximum atomic E-state index is 11.5. The Hall–Kier alpha value is -4.96. The van der Waals surface area contributed by atoms with Gasteiger partial charge >= 0.3 is 0 Å². The number of aromatic hydroxyl groups is 1. The SMILES string of the molecule is CC(C)c1cc(-c2cccc3c2nc(-c2ccccc2N=Cc2cc(C(C)(C)C)cc(C(C)(C)C)c2O)n3-c2ccccc2)cc(C(C)C)c1. The van der Waals surface area contributed by atoms with Gasteiger partial charge in [0.25, 0.3) is 0 Å². The maximum absolute atomic E-state index is 11.5. The highest BCUT2D eigenvalue weighted by atomic mass is 16.3. The summed E-state index contributed by atoms with van der Waals surface area (Å²) in [6.07, 6.45) is 1.81. The number of benzene rings is 5. The van der Waals surface area contributed by atoms with Gasteiger partial charge in [-0.05, 0) is 81.3 Å². The van der Waals surface area contributed by atoms with Gasteiger partial charge in [0.2, 0.25) is 0 Å². The first-order valence-corrected chi connectivity index (χ1v) is 17.9. The minimum atomic E-state index is -0.227. The van der Waals surface area contributed by atoms with Gasteiger partial charge in [-0.2, -0.15) is 0 Å². The van der Waals surface area contributed by atoms with Crippen LogP contribution >= 0.6 is 0 Å². The smallest absolute Gasteiger partial charge is 0.147 e. The van der Waals surface area contributed by atoms with Crippen molar-refractivity contribution in [1.29, 1.82) is 0 Å². The van der Waals surface area contributed by atoms with Gasteiger partial charge in [-0.3, -0.25) is 9.56 Å². The minimum Gasteiger partial charge on any atom is -0.507 e. The van der Waals surface area contributed by atoms with Crippen LogP contribution in [0.5, 0.6) is 5.75 Å². The first-order valence-electron chi connectivity index (χ1n) is 17.9. The molecule has 0 aliphatic heterocycles. The zero-order valence-corrected chi connectivity index (χ0v) is 31.3. The third-order valence-electron chi connectivity index (χ3n) is 9.62. The highest BCUT2D eigenvalue weighted by Gasteiger charge is 2.25. The number of imidazole rings is 1. The van der Waals surface area contributed by atoms with E-state index in [4.69, 9.17) is 9.98 Å². The first kappa shape index (κ1) is 34.9. The van der Waals surface area contributed by atoms with Crippen LogP contribution < -0.4 is 0 Å². The van der Waals surface area contributed by atoms with Crippen molar-refractivity contribution in [2.75, 3.05) is 0 Å². The summed E-state index contributed by atoms with van der Waals surface area (Å²) in [7, 11) is 0. The molecule has 0 saturated heterocycles. The number of fused-ring (bicyclic) bond motifs is 1. The normalized spacial score (nSPS) is 12.6. The predicted molar refractivity (Wildman–Crippen MR) is 213 cm³/mol. The molecule has 6 aromatic rings. The van der Waals surface area contributed by atoms with Crippen LogP contribution in [0, 0.1) is 0 Å². The molecule has 0 saturated carbocycles. The molecule has 0 spiro atoms. The number of phenolic OH excluding ortho intramolecular Hbond substituents is 1. The molecule has 50 heavy (non-hydrogen) atoms. The molecule has 0 unspecified atom stereocenters. The summed E-state index contributed by atoms with van der Waals surface area (Å²) in [5.41, 5.74) is 12.2. The lowest BCUT2D eigenvalue weighted by Crippen LogP contribution is -2.17. The molecule has 0 radical (unpaired) electrons. The Labute approximate surface area is 298 Å². The summed E-state index contributed by atoms with van der Waals surface area (Å²) in [6.45, 7) is 22.0. The van der Waals surface area contributed by atoms with Gasteiger partial charge in [0.05, 0.1) is 16.7 Å². The van der Waals surface area contributed by atoms with Gasteiger partial charge in [-0.1, -0.05) is 136 Å². The summed E-state index contributed by atoms with van der Waals surface area (Å²) in [4.78, 5) is 10.5. The topological polar surface area (TPSA) is 50.4 Å². The lowest BCUT2D eigenvalue weighted by atomic mass is 9.79. The molecule has 0 aliphatic rings. The van der Waals surface area contributed by atoms with Crippen LogP contribution in [-0.4, -0.2) is 20.9 Å². The van der Waals surface area contributed by atoms with Gasteiger partial charge in [0.1, 0.15) is 11.6 Å². The largest absolute Gasteiger partial charge is 0.507 e. The molecule has 4 heteroatoms. The van der Waals surface area contributed by atoms with Crippen molar-refractivity contribution in [3.05, 3.63) is 131 Å². The molecule has 1 heterocycles. The van der Waals surface area contributed by atoms with Crippen molar-refractivity contribution in [2.24, 2.45) is 4.99 Å². The average molecular weight is 662 g/mol. The molecule has 256 valence electrons. The van der Waals surface area contributed by atoms with Crippen molar-refractivity contribution in [3.8, 4) is 34.0 Å². The van der Waals surface area contributed by atoms with Gasteiger partial charge in [0, 0.05) is 34.2 Å². The van der Waals surface area contributed by atoms with Crippen molar-refractivity contribution in [2.45, 2.75) is 91.9 Å². The number of aliphatic imine (C=N–C) groups is 1.